The molecule has 9 heteroatoms. The molecule has 2 rings (SSSR count). The first-order chi connectivity index (χ1) is 9.47. The predicted molar refractivity (Wildman–Crippen MR) is 82.3 cm³/mol. The van der Waals surface area contributed by atoms with Crippen molar-refractivity contribution in [3.05, 3.63) is 57.6 Å². The maximum atomic E-state index is 10.7. The molecule has 6 N–H and O–H groups in total. The van der Waals surface area contributed by atoms with Gasteiger partial charge < -0.3 is 21.2 Å². The summed E-state index contributed by atoms with van der Waals surface area (Å²) in [6, 6.07) is 8.14. The van der Waals surface area contributed by atoms with E-state index in [2.05, 4.69) is 0 Å². The molecule has 0 bridgehead atoms. The molecule has 0 saturated heterocycles. The molecule has 0 aliphatic heterocycles. The number of rotatable bonds is 2. The van der Waals surface area contributed by atoms with Crippen LogP contribution in [0.3, 0.4) is 0 Å². The molecule has 127 valence electrons. The van der Waals surface area contributed by atoms with Crippen LogP contribution in [-0.2, 0) is 27.7 Å². The number of aldehydes is 2. The van der Waals surface area contributed by atoms with Crippen molar-refractivity contribution in [2.45, 2.75) is 0 Å². The molecule has 2 aromatic rings. The van der Waals surface area contributed by atoms with E-state index in [0.717, 1.165) is 0 Å². The van der Waals surface area contributed by atoms with Crippen molar-refractivity contribution in [1.82, 2.24) is 0 Å². The second-order valence-corrected chi connectivity index (χ2v) is 4.47. The fourth-order valence-electron chi connectivity index (χ4n) is 1.22. The van der Waals surface area contributed by atoms with Crippen LogP contribution in [-0.4, -0.2) is 12.6 Å². The summed E-state index contributed by atoms with van der Waals surface area (Å²) in [5.74, 6) is -0.584. The zero-order valence-electron chi connectivity index (χ0n) is 11.5. The fourth-order valence-corrected chi connectivity index (χ4v) is 1.58. The topological polar surface area (TPSA) is 146 Å². The Morgan fingerprint density at radius 1 is 0.739 bits per heavy atom. The van der Waals surface area contributed by atoms with Crippen LogP contribution in [0.4, 0.5) is 0 Å². The first kappa shape index (κ1) is 26.3. The molecule has 0 amide bonds. The van der Waals surface area contributed by atoms with Gasteiger partial charge in [-0.15, -0.1) is 0 Å². The molecule has 0 spiro atoms. The normalized spacial score (nSPS) is 8.09. The second-order valence-electron chi connectivity index (χ2n) is 3.60. The van der Waals surface area contributed by atoms with E-state index in [1.807, 2.05) is 0 Å². The Labute approximate surface area is 152 Å². The molecule has 0 atom stereocenters. The Hall–Kier alpha value is -1.61. The van der Waals surface area contributed by atoms with Crippen LogP contribution < -0.4 is 10.2 Å². The van der Waals surface area contributed by atoms with Crippen molar-refractivity contribution in [1.29, 1.82) is 0 Å². The zero-order valence-corrected chi connectivity index (χ0v) is 14.0. The Bertz CT molecular complexity index is 581. The molecule has 0 unspecified atom stereocenters. The van der Waals surface area contributed by atoms with Crippen LogP contribution in [0.2, 0.25) is 10.0 Å². The minimum absolute atomic E-state index is 0. The maximum Gasteiger partial charge on any atom is 2.00 e. The zero-order chi connectivity index (χ0) is 15.1. The van der Waals surface area contributed by atoms with Gasteiger partial charge in [-0.2, -0.15) is 0 Å². The van der Waals surface area contributed by atoms with Gasteiger partial charge in [0.15, 0.2) is 0 Å². The monoisotopic (exact) mass is 407 g/mol. The summed E-state index contributed by atoms with van der Waals surface area (Å²) >= 11 is 11.0. The maximum absolute atomic E-state index is 10.7. The van der Waals surface area contributed by atoms with Crippen molar-refractivity contribution >= 4 is 35.8 Å². The number of carbonyl (C=O) groups excluding carboxylic acids is 2. The first-order valence-corrected chi connectivity index (χ1v) is 6.07. The third-order valence-electron chi connectivity index (χ3n) is 2.20. The van der Waals surface area contributed by atoms with Crippen LogP contribution >= 0.6 is 23.2 Å². The second kappa shape index (κ2) is 12.9. The van der Waals surface area contributed by atoms with Gasteiger partial charge in [-0.05, 0) is 24.3 Å². The van der Waals surface area contributed by atoms with Crippen molar-refractivity contribution < 1.29 is 47.5 Å². The Morgan fingerprint density at radius 3 is 1.26 bits per heavy atom. The smallest absolute Gasteiger partial charge is 0.872 e. The van der Waals surface area contributed by atoms with Crippen LogP contribution in [0.1, 0.15) is 20.7 Å². The Morgan fingerprint density at radius 2 is 1.04 bits per heavy atom. The Balaban J connectivity index is -0.000000308. The van der Waals surface area contributed by atoms with Gasteiger partial charge in [0, 0.05) is 21.2 Å². The van der Waals surface area contributed by atoms with Crippen molar-refractivity contribution in [2.24, 2.45) is 0 Å². The average molecular weight is 408 g/mol. The summed E-state index contributed by atoms with van der Waals surface area (Å²) in [4.78, 5) is 20.2. The van der Waals surface area contributed by atoms with Gasteiger partial charge in [0.05, 0.1) is 0 Å². The van der Waals surface area contributed by atoms with E-state index in [0.29, 0.717) is 22.6 Å². The van der Waals surface area contributed by atoms with Crippen LogP contribution in [0, 0.1) is 0 Å². The molecular formula is C14H14Cl2CoO6+2. The van der Waals surface area contributed by atoms with E-state index in [-0.39, 0.29) is 50.4 Å². The molecule has 0 aromatic heterocycles. The molecule has 0 aliphatic rings. The first-order valence-electron chi connectivity index (χ1n) is 5.31. The number of hydrogen-bond acceptors (Lipinski definition) is 4. The fraction of sp³-hybridized carbons (Fsp3) is 0. The third-order valence-corrected chi connectivity index (χ3v) is 2.67. The van der Waals surface area contributed by atoms with E-state index in [1.165, 1.54) is 36.4 Å². The Kier molecular flexibility index (Phi) is 14.7. The number of hydrogen-bond donors (Lipinski definition) is 0. The van der Waals surface area contributed by atoms with Crippen molar-refractivity contribution in [3.63, 3.8) is 0 Å². The standard InChI is InChI=1S/2C7H5ClO2.Co.2H2O/c2*8-6-1-2-7(10)5(3-6)4-9;;;/h2*1-4,10H;;2*1H2/q;;+2;;. The number of carbonyl (C=O) groups is 2. The minimum atomic E-state index is -0.292. The molecule has 23 heavy (non-hydrogen) atoms. The molecule has 0 heterocycles. The van der Waals surface area contributed by atoms with Gasteiger partial charge in [-0.25, -0.2) is 0 Å². The van der Waals surface area contributed by atoms with Gasteiger partial charge >= 0.3 is 16.8 Å². The van der Waals surface area contributed by atoms with Gasteiger partial charge in [0.2, 0.25) is 0 Å². The van der Waals surface area contributed by atoms with Crippen molar-refractivity contribution in [2.75, 3.05) is 0 Å². The quantitative estimate of drug-likeness (QED) is 0.529. The molecule has 6 nitrogen and oxygen atoms in total. The van der Waals surface area contributed by atoms with Crippen LogP contribution in [0.25, 0.3) is 0 Å². The van der Waals surface area contributed by atoms with E-state index in [1.54, 1.807) is 0 Å². The van der Waals surface area contributed by atoms with Gasteiger partial charge in [-0.1, -0.05) is 46.8 Å². The van der Waals surface area contributed by atoms with Gasteiger partial charge in [-0.3, -0.25) is 9.59 Å². The van der Waals surface area contributed by atoms with Gasteiger partial charge in [0.1, 0.15) is 12.6 Å². The molecule has 0 fully saturated rings. The molecule has 2 aromatic carbocycles. The number of benzene rings is 2. The van der Waals surface area contributed by atoms with E-state index in [4.69, 9.17) is 23.2 Å². The average Bonchev–Trinajstić information content (AvgIpc) is 2.44. The van der Waals surface area contributed by atoms with E-state index < -0.39 is 0 Å². The molecule has 0 saturated carbocycles. The van der Waals surface area contributed by atoms with E-state index >= 15 is 0 Å². The predicted octanol–water partition coefficient (Wildman–Crippen LogP) is 0.606. The van der Waals surface area contributed by atoms with E-state index in [9.17, 15) is 19.8 Å². The molecule has 0 aliphatic carbocycles. The summed E-state index contributed by atoms with van der Waals surface area (Å²) in [6.07, 6.45) is 0.989. The third kappa shape index (κ3) is 8.55. The summed E-state index contributed by atoms with van der Waals surface area (Å²) in [6.45, 7) is 0. The summed E-state index contributed by atoms with van der Waals surface area (Å²) in [5.41, 5.74) is 0.208. The van der Waals surface area contributed by atoms with Crippen LogP contribution in [0.15, 0.2) is 36.4 Å². The molecule has 1 radical (unpaired) electrons. The van der Waals surface area contributed by atoms with Crippen molar-refractivity contribution in [3.8, 4) is 11.5 Å². The SMILES string of the molecule is O=Cc1cc(Cl)ccc1[O-].O=Cc1cc(Cl)ccc1[O-].[Co+2].[OH3+].[OH3+]. The largest absolute Gasteiger partial charge is 2.00 e. The van der Waals surface area contributed by atoms with Crippen LogP contribution in [0.5, 0.6) is 11.5 Å². The summed E-state index contributed by atoms with van der Waals surface area (Å²) < 4.78 is 0. The number of halogens is 2. The summed E-state index contributed by atoms with van der Waals surface area (Å²) in [5, 5.41) is 22.2. The van der Waals surface area contributed by atoms with Gasteiger partial charge in [0.25, 0.3) is 0 Å². The molecular weight excluding hydrogens is 394 g/mol. The minimum Gasteiger partial charge on any atom is -0.872 e. The summed E-state index contributed by atoms with van der Waals surface area (Å²) in [7, 11) is 0.